The molecule has 0 saturated carbocycles. The van der Waals surface area contributed by atoms with Crippen molar-refractivity contribution in [3.05, 3.63) is 39.6 Å². The Morgan fingerprint density at radius 3 is 2.24 bits per heavy atom. The van der Waals surface area contributed by atoms with Gasteiger partial charge in [0.25, 0.3) is 0 Å². The molecule has 1 N–H and O–H groups in total. The SMILES string of the molecule is [Li][C]1=C(N(C)C)c2ccccc2C1[Si](C)(C)NC(C)(C)C. The number of nitrogens with zero attached hydrogens (tertiary/aromatic N) is 1. The van der Waals surface area contributed by atoms with Crippen molar-refractivity contribution in [1.29, 1.82) is 0 Å². The number of benzene rings is 1. The standard InChI is InChI=1S/C17H27N2Si.Li/c1-17(2,3)18-20(6,7)16-12-15(19(4)5)13-10-8-9-11-14(13)16;/h8-11,16,18H,1-7H3;. The van der Waals surface area contributed by atoms with Gasteiger partial charge in [0.15, 0.2) is 0 Å². The van der Waals surface area contributed by atoms with Crippen LogP contribution in [-0.4, -0.2) is 50.5 Å². The number of nitrogens with one attached hydrogen (secondary N) is 1. The number of hydrogen-bond acceptors (Lipinski definition) is 2. The van der Waals surface area contributed by atoms with Gasteiger partial charge in [0.1, 0.15) is 0 Å². The Hall–Kier alpha value is -0.466. The third-order valence-electron chi connectivity index (χ3n) is 4.20. The predicted octanol–water partition coefficient (Wildman–Crippen LogP) is 3.31. The van der Waals surface area contributed by atoms with Gasteiger partial charge < -0.3 is 0 Å². The van der Waals surface area contributed by atoms with Gasteiger partial charge in [0.05, 0.1) is 0 Å². The van der Waals surface area contributed by atoms with E-state index in [-0.39, 0.29) is 5.54 Å². The monoisotopic (exact) mass is 294 g/mol. The van der Waals surface area contributed by atoms with E-state index in [0.717, 1.165) is 0 Å². The van der Waals surface area contributed by atoms with Crippen molar-refractivity contribution in [2.24, 2.45) is 0 Å². The first-order valence-electron chi connectivity index (χ1n) is 7.81. The molecule has 0 aromatic heterocycles. The fourth-order valence-corrected chi connectivity index (χ4v) is 8.43. The minimum absolute atomic E-state index is 0.159. The number of allylic oxidation sites excluding steroid dienone is 1. The van der Waals surface area contributed by atoms with Gasteiger partial charge in [-0.2, -0.15) is 0 Å². The molecule has 0 heterocycles. The summed E-state index contributed by atoms with van der Waals surface area (Å²) in [5, 5.41) is 0. The van der Waals surface area contributed by atoms with E-state index in [1.165, 1.54) is 21.1 Å². The van der Waals surface area contributed by atoms with Crippen molar-refractivity contribution in [2.75, 3.05) is 14.1 Å². The van der Waals surface area contributed by atoms with Crippen LogP contribution in [0.15, 0.2) is 28.5 Å². The Bertz CT molecular complexity index is 570. The third-order valence-corrected chi connectivity index (χ3v) is 7.78. The van der Waals surface area contributed by atoms with Crippen LogP contribution in [0.1, 0.15) is 37.4 Å². The van der Waals surface area contributed by atoms with Crippen LogP contribution in [0.2, 0.25) is 13.1 Å². The van der Waals surface area contributed by atoms with Gasteiger partial charge in [0, 0.05) is 0 Å². The van der Waals surface area contributed by atoms with Crippen LogP contribution in [0.5, 0.6) is 0 Å². The summed E-state index contributed by atoms with van der Waals surface area (Å²) in [5.41, 5.74) is 5.04. The molecule has 110 valence electrons. The Balaban J connectivity index is 2.54. The Morgan fingerprint density at radius 1 is 1.14 bits per heavy atom. The first-order chi connectivity index (χ1) is 9.54. The second kappa shape index (κ2) is 5.63. The normalized spacial score (nSPS) is 19.0. The second-order valence-corrected chi connectivity index (χ2v) is 12.3. The predicted molar refractivity (Wildman–Crippen MR) is 95.9 cm³/mol. The van der Waals surface area contributed by atoms with Crippen LogP contribution in [-0.2, 0) is 0 Å². The quantitative estimate of drug-likeness (QED) is 0.860. The molecule has 1 atom stereocenters. The van der Waals surface area contributed by atoms with Crippen molar-refractivity contribution in [3.8, 4) is 0 Å². The summed E-state index contributed by atoms with van der Waals surface area (Å²) in [6, 6.07) is 8.93. The summed E-state index contributed by atoms with van der Waals surface area (Å²) < 4.78 is 1.52. The van der Waals surface area contributed by atoms with E-state index in [1.807, 2.05) is 0 Å². The molecule has 1 aromatic carbocycles. The summed E-state index contributed by atoms with van der Waals surface area (Å²) in [7, 11) is 2.67. The maximum absolute atomic E-state index is 3.95. The molecule has 0 radical (unpaired) electrons. The first kappa shape index (κ1) is 16.9. The van der Waals surface area contributed by atoms with Gasteiger partial charge in [-0.3, -0.25) is 0 Å². The van der Waals surface area contributed by atoms with Crippen molar-refractivity contribution >= 4 is 31.6 Å². The molecule has 0 amide bonds. The molecule has 0 spiro atoms. The maximum atomic E-state index is 3.95. The molecule has 4 heteroatoms. The number of hydrogen-bond donors (Lipinski definition) is 1. The van der Waals surface area contributed by atoms with E-state index >= 15 is 0 Å². The Morgan fingerprint density at radius 2 is 1.71 bits per heavy atom. The van der Waals surface area contributed by atoms with Crippen LogP contribution in [0.3, 0.4) is 0 Å². The van der Waals surface area contributed by atoms with Crippen molar-refractivity contribution in [2.45, 2.75) is 44.9 Å². The van der Waals surface area contributed by atoms with Crippen molar-refractivity contribution < 1.29 is 0 Å². The van der Waals surface area contributed by atoms with E-state index in [4.69, 9.17) is 0 Å². The minimum atomic E-state index is -1.64. The first-order valence-corrected chi connectivity index (χ1v) is 10.9. The molecule has 1 aromatic rings. The van der Waals surface area contributed by atoms with E-state index in [0.29, 0.717) is 5.54 Å². The molecule has 21 heavy (non-hydrogen) atoms. The molecule has 2 nitrogen and oxygen atoms in total. The molecule has 0 saturated heterocycles. The fourth-order valence-electron chi connectivity index (χ4n) is 4.11. The molecule has 0 bridgehead atoms. The average Bonchev–Trinajstić information content (AvgIpc) is 2.57. The fraction of sp³-hybridized carbons (Fsp3) is 0.529. The van der Waals surface area contributed by atoms with Gasteiger partial charge in [-0.15, -0.1) is 0 Å². The van der Waals surface area contributed by atoms with Crippen molar-refractivity contribution in [1.82, 2.24) is 9.88 Å². The molecule has 1 unspecified atom stereocenters. The van der Waals surface area contributed by atoms with Gasteiger partial charge in [-0.25, -0.2) is 0 Å². The van der Waals surface area contributed by atoms with Crippen LogP contribution in [0, 0.1) is 0 Å². The number of fused-ring (bicyclic) bond motifs is 1. The van der Waals surface area contributed by atoms with E-state index in [2.05, 4.69) is 99.8 Å². The molecule has 2 rings (SSSR count). The molecule has 0 aliphatic heterocycles. The second-order valence-electron chi connectivity index (χ2n) is 8.04. The van der Waals surface area contributed by atoms with Crippen molar-refractivity contribution in [3.63, 3.8) is 0 Å². The van der Waals surface area contributed by atoms with Crippen LogP contribution < -0.4 is 4.98 Å². The van der Waals surface area contributed by atoms with Gasteiger partial charge in [0.2, 0.25) is 0 Å². The topological polar surface area (TPSA) is 15.3 Å². The van der Waals surface area contributed by atoms with Gasteiger partial charge in [-0.1, -0.05) is 0 Å². The number of rotatable bonds is 3. The summed E-state index contributed by atoms with van der Waals surface area (Å²) in [4.78, 5) is 6.23. The van der Waals surface area contributed by atoms with E-state index in [9.17, 15) is 0 Å². The summed E-state index contributed by atoms with van der Waals surface area (Å²) in [6.45, 7) is 11.7. The van der Waals surface area contributed by atoms with E-state index < -0.39 is 8.24 Å². The third kappa shape index (κ3) is 3.32. The zero-order valence-electron chi connectivity index (χ0n) is 14.8. The Labute approximate surface area is 140 Å². The summed E-state index contributed by atoms with van der Waals surface area (Å²) in [5.74, 6) is 0. The average molecular weight is 294 g/mol. The molecule has 0 fully saturated rings. The zero-order valence-corrected chi connectivity index (χ0v) is 15.8. The summed E-state index contributed by atoms with van der Waals surface area (Å²) >= 11 is 2.32. The zero-order chi connectivity index (χ0) is 16.0. The van der Waals surface area contributed by atoms with Gasteiger partial charge >= 0.3 is 140 Å². The molecule has 1 aliphatic rings. The molecular formula is C17H27LiN2Si. The Kier molecular flexibility index (Phi) is 4.53. The van der Waals surface area contributed by atoms with E-state index in [1.54, 1.807) is 0 Å². The molecule has 1 aliphatic carbocycles. The van der Waals surface area contributed by atoms with Crippen LogP contribution >= 0.6 is 0 Å². The van der Waals surface area contributed by atoms with Gasteiger partial charge in [-0.05, 0) is 0 Å². The molecular weight excluding hydrogens is 267 g/mol. The van der Waals surface area contributed by atoms with Crippen LogP contribution in [0.25, 0.3) is 5.70 Å². The summed E-state index contributed by atoms with van der Waals surface area (Å²) in [6.07, 6.45) is 0. The van der Waals surface area contributed by atoms with Crippen LogP contribution in [0.4, 0.5) is 0 Å².